The zero-order chi connectivity index (χ0) is 12.1. The SMILES string of the molecule is CC1(C)CN(CCCCCNC2CC2)CCS1. The van der Waals surface area contributed by atoms with Crippen molar-refractivity contribution in [2.24, 2.45) is 0 Å². The second-order valence-corrected chi connectivity index (χ2v) is 7.98. The first-order valence-corrected chi connectivity index (χ1v) is 8.24. The molecule has 2 fully saturated rings. The van der Waals surface area contributed by atoms with Gasteiger partial charge in [0.25, 0.3) is 0 Å². The number of rotatable bonds is 7. The minimum atomic E-state index is 0.478. The van der Waals surface area contributed by atoms with Crippen LogP contribution in [0.4, 0.5) is 0 Å². The molecule has 0 bridgehead atoms. The molecule has 0 radical (unpaired) electrons. The standard InChI is InChI=1S/C14H28N2S/c1-14(2)12-16(10-11-17-14)9-5-3-4-8-15-13-6-7-13/h13,15H,3-12H2,1-2H3. The number of nitrogens with zero attached hydrogens (tertiary/aromatic N) is 1. The highest BCUT2D eigenvalue weighted by Gasteiger charge is 2.26. The third kappa shape index (κ3) is 5.62. The van der Waals surface area contributed by atoms with Gasteiger partial charge in [-0.1, -0.05) is 6.42 Å². The van der Waals surface area contributed by atoms with Crippen molar-refractivity contribution >= 4 is 11.8 Å². The smallest absolute Gasteiger partial charge is 0.0231 e. The highest BCUT2D eigenvalue weighted by Crippen LogP contribution is 2.29. The van der Waals surface area contributed by atoms with Gasteiger partial charge in [-0.2, -0.15) is 11.8 Å². The summed E-state index contributed by atoms with van der Waals surface area (Å²) in [7, 11) is 0. The average Bonchev–Trinajstić information content (AvgIpc) is 3.05. The Labute approximate surface area is 111 Å². The van der Waals surface area contributed by atoms with Crippen LogP contribution in [0.15, 0.2) is 0 Å². The van der Waals surface area contributed by atoms with E-state index in [0.717, 1.165) is 6.04 Å². The predicted molar refractivity (Wildman–Crippen MR) is 77.9 cm³/mol. The maximum Gasteiger partial charge on any atom is 0.0231 e. The largest absolute Gasteiger partial charge is 0.314 e. The van der Waals surface area contributed by atoms with Crippen LogP contribution >= 0.6 is 11.8 Å². The third-order valence-corrected chi connectivity index (χ3v) is 4.96. The van der Waals surface area contributed by atoms with E-state index in [1.165, 1.54) is 64.0 Å². The Hall–Kier alpha value is 0.270. The fraction of sp³-hybridized carbons (Fsp3) is 1.00. The summed E-state index contributed by atoms with van der Waals surface area (Å²) in [6.45, 7) is 9.89. The number of unbranched alkanes of at least 4 members (excludes halogenated alkanes) is 2. The van der Waals surface area contributed by atoms with E-state index < -0.39 is 0 Å². The summed E-state index contributed by atoms with van der Waals surface area (Å²) in [6.07, 6.45) is 6.97. The van der Waals surface area contributed by atoms with Crippen molar-refractivity contribution in [1.82, 2.24) is 10.2 Å². The van der Waals surface area contributed by atoms with E-state index in [0.29, 0.717) is 4.75 Å². The molecule has 2 aliphatic rings. The molecule has 1 N–H and O–H groups in total. The summed E-state index contributed by atoms with van der Waals surface area (Å²) < 4.78 is 0.478. The van der Waals surface area contributed by atoms with Gasteiger partial charge >= 0.3 is 0 Å². The van der Waals surface area contributed by atoms with Gasteiger partial charge in [-0.15, -0.1) is 0 Å². The van der Waals surface area contributed by atoms with Crippen molar-refractivity contribution in [3.8, 4) is 0 Å². The van der Waals surface area contributed by atoms with E-state index in [2.05, 4.69) is 35.8 Å². The Morgan fingerprint density at radius 2 is 2.06 bits per heavy atom. The summed E-state index contributed by atoms with van der Waals surface area (Å²) in [4.78, 5) is 2.66. The summed E-state index contributed by atoms with van der Waals surface area (Å²) in [5.41, 5.74) is 0. The van der Waals surface area contributed by atoms with Gasteiger partial charge in [0.1, 0.15) is 0 Å². The van der Waals surface area contributed by atoms with Crippen LogP contribution in [-0.2, 0) is 0 Å². The maximum absolute atomic E-state index is 3.59. The van der Waals surface area contributed by atoms with Gasteiger partial charge in [-0.3, -0.25) is 0 Å². The van der Waals surface area contributed by atoms with Crippen LogP contribution in [-0.4, -0.2) is 47.6 Å². The molecule has 100 valence electrons. The number of hydrogen-bond donors (Lipinski definition) is 1. The zero-order valence-corrected chi connectivity index (χ0v) is 12.3. The normalized spacial score (nSPS) is 25.1. The Morgan fingerprint density at radius 1 is 1.24 bits per heavy atom. The molecule has 1 heterocycles. The van der Waals surface area contributed by atoms with Crippen LogP contribution in [0.3, 0.4) is 0 Å². The molecule has 0 unspecified atom stereocenters. The topological polar surface area (TPSA) is 15.3 Å². The highest BCUT2D eigenvalue weighted by atomic mass is 32.2. The molecule has 2 rings (SSSR count). The first-order valence-electron chi connectivity index (χ1n) is 7.25. The zero-order valence-electron chi connectivity index (χ0n) is 11.5. The van der Waals surface area contributed by atoms with Crippen LogP contribution in [0.5, 0.6) is 0 Å². The van der Waals surface area contributed by atoms with Crippen molar-refractivity contribution in [1.29, 1.82) is 0 Å². The predicted octanol–water partition coefficient (Wildman–Crippen LogP) is 2.74. The van der Waals surface area contributed by atoms with Gasteiger partial charge < -0.3 is 10.2 Å². The lowest BCUT2D eigenvalue weighted by molar-refractivity contribution is 0.254. The van der Waals surface area contributed by atoms with E-state index in [9.17, 15) is 0 Å². The van der Waals surface area contributed by atoms with Crippen molar-refractivity contribution < 1.29 is 0 Å². The minimum absolute atomic E-state index is 0.478. The van der Waals surface area contributed by atoms with Crippen LogP contribution in [0.25, 0.3) is 0 Å². The molecule has 17 heavy (non-hydrogen) atoms. The van der Waals surface area contributed by atoms with Crippen LogP contribution < -0.4 is 5.32 Å². The average molecular weight is 256 g/mol. The van der Waals surface area contributed by atoms with Gasteiger partial charge in [0.2, 0.25) is 0 Å². The molecule has 0 spiro atoms. The summed E-state index contributed by atoms with van der Waals surface area (Å²) in [5.74, 6) is 1.32. The van der Waals surface area contributed by atoms with E-state index in [-0.39, 0.29) is 0 Å². The van der Waals surface area contributed by atoms with Crippen LogP contribution in [0.1, 0.15) is 46.0 Å². The summed E-state index contributed by atoms with van der Waals surface area (Å²) >= 11 is 2.13. The highest BCUT2D eigenvalue weighted by molar-refractivity contribution is 8.00. The summed E-state index contributed by atoms with van der Waals surface area (Å²) in [5, 5.41) is 3.59. The van der Waals surface area contributed by atoms with Crippen molar-refractivity contribution in [3.05, 3.63) is 0 Å². The van der Waals surface area contributed by atoms with Crippen molar-refractivity contribution in [2.45, 2.75) is 56.7 Å². The lowest BCUT2D eigenvalue weighted by Crippen LogP contribution is -2.43. The Balaban J connectivity index is 1.46. The van der Waals surface area contributed by atoms with E-state index in [1.807, 2.05) is 0 Å². The lowest BCUT2D eigenvalue weighted by atomic mass is 10.1. The third-order valence-electron chi connectivity index (χ3n) is 3.67. The molecular weight excluding hydrogens is 228 g/mol. The minimum Gasteiger partial charge on any atom is -0.314 e. The van der Waals surface area contributed by atoms with Gasteiger partial charge in [0, 0.05) is 29.6 Å². The molecule has 1 aliphatic heterocycles. The molecule has 1 aliphatic carbocycles. The molecule has 1 saturated heterocycles. The first-order chi connectivity index (χ1) is 8.16. The molecular formula is C14H28N2S. The molecule has 0 aromatic heterocycles. The van der Waals surface area contributed by atoms with Crippen molar-refractivity contribution in [3.63, 3.8) is 0 Å². The lowest BCUT2D eigenvalue weighted by Gasteiger charge is -2.37. The monoisotopic (exact) mass is 256 g/mol. The van der Waals surface area contributed by atoms with E-state index >= 15 is 0 Å². The molecule has 2 nitrogen and oxygen atoms in total. The molecule has 3 heteroatoms. The van der Waals surface area contributed by atoms with Gasteiger partial charge in [-0.25, -0.2) is 0 Å². The Bertz CT molecular complexity index is 226. The van der Waals surface area contributed by atoms with E-state index in [1.54, 1.807) is 0 Å². The quantitative estimate of drug-likeness (QED) is 0.705. The van der Waals surface area contributed by atoms with Gasteiger partial charge in [0.15, 0.2) is 0 Å². The van der Waals surface area contributed by atoms with Crippen LogP contribution in [0.2, 0.25) is 0 Å². The number of hydrogen-bond acceptors (Lipinski definition) is 3. The van der Waals surface area contributed by atoms with Crippen molar-refractivity contribution in [2.75, 3.05) is 31.9 Å². The first kappa shape index (κ1) is 13.7. The van der Waals surface area contributed by atoms with Gasteiger partial charge in [0.05, 0.1) is 0 Å². The van der Waals surface area contributed by atoms with E-state index in [4.69, 9.17) is 0 Å². The number of nitrogens with one attached hydrogen (secondary N) is 1. The fourth-order valence-corrected chi connectivity index (χ4v) is 3.71. The Morgan fingerprint density at radius 3 is 2.76 bits per heavy atom. The molecule has 0 aromatic carbocycles. The molecule has 0 atom stereocenters. The summed E-state index contributed by atoms with van der Waals surface area (Å²) in [6, 6.07) is 0.884. The number of thioether (sulfide) groups is 1. The second kappa shape index (κ2) is 6.44. The molecule has 1 saturated carbocycles. The maximum atomic E-state index is 3.59. The fourth-order valence-electron chi connectivity index (χ4n) is 2.54. The van der Waals surface area contributed by atoms with Crippen LogP contribution in [0, 0.1) is 0 Å². The second-order valence-electron chi connectivity index (χ2n) is 6.17. The molecule has 0 aromatic rings. The Kier molecular flexibility index (Phi) is 5.19. The molecule has 0 amide bonds. The van der Waals surface area contributed by atoms with Gasteiger partial charge in [-0.05, 0) is 52.6 Å².